The van der Waals surface area contributed by atoms with E-state index in [1.165, 1.54) is 0 Å². The fourth-order valence-electron chi connectivity index (χ4n) is 2.94. The van der Waals surface area contributed by atoms with E-state index in [2.05, 4.69) is 0 Å². The Morgan fingerprint density at radius 2 is 1.81 bits per heavy atom. The van der Waals surface area contributed by atoms with Crippen molar-refractivity contribution in [1.29, 1.82) is 0 Å². The summed E-state index contributed by atoms with van der Waals surface area (Å²) in [6.07, 6.45) is 1.74. The van der Waals surface area contributed by atoms with E-state index in [-0.39, 0.29) is 12.5 Å². The molecule has 0 aliphatic carbocycles. The number of hydrogen-bond donors (Lipinski definition) is 0. The molecule has 0 N–H and O–H groups in total. The molecule has 5 nitrogen and oxygen atoms in total. The number of fused-ring (bicyclic) bond motifs is 2. The molecule has 136 valence electrons. The van der Waals surface area contributed by atoms with Gasteiger partial charge < -0.3 is 9.30 Å². The van der Waals surface area contributed by atoms with Crippen LogP contribution in [0.5, 0.6) is 0 Å². The van der Waals surface area contributed by atoms with Crippen molar-refractivity contribution >= 4 is 46.6 Å². The van der Waals surface area contributed by atoms with Crippen molar-refractivity contribution in [3.8, 4) is 0 Å². The quantitative estimate of drug-likeness (QED) is 0.602. The number of benzene rings is 2. The van der Waals surface area contributed by atoms with Crippen LogP contribution in [0, 0.1) is 0 Å². The van der Waals surface area contributed by atoms with Gasteiger partial charge in [0.25, 0.3) is 5.91 Å². The smallest absolute Gasteiger partial charge is 0.355 e. The van der Waals surface area contributed by atoms with Crippen LogP contribution in [0.1, 0.15) is 10.5 Å². The number of nitrogens with zero attached hydrogens (tertiary/aromatic N) is 2. The Morgan fingerprint density at radius 3 is 2.59 bits per heavy atom. The summed E-state index contributed by atoms with van der Waals surface area (Å²) in [6, 6.07) is 16.4. The fourth-order valence-corrected chi connectivity index (χ4v) is 4.14. The van der Waals surface area contributed by atoms with Crippen LogP contribution in [0.4, 0.5) is 11.4 Å². The molecule has 1 aromatic heterocycles. The highest BCUT2D eigenvalue weighted by atomic mass is 35.5. The van der Waals surface area contributed by atoms with Crippen LogP contribution >= 0.6 is 23.4 Å². The number of rotatable bonds is 3. The van der Waals surface area contributed by atoms with Gasteiger partial charge in [0.05, 0.1) is 11.4 Å². The third kappa shape index (κ3) is 3.34. The van der Waals surface area contributed by atoms with E-state index in [0.717, 1.165) is 15.5 Å². The largest absolute Gasteiger partial charge is 0.451 e. The van der Waals surface area contributed by atoms with E-state index in [1.54, 1.807) is 58.7 Å². The van der Waals surface area contributed by atoms with E-state index in [1.807, 2.05) is 30.3 Å². The Balaban J connectivity index is 1.62. The predicted octanol–water partition coefficient (Wildman–Crippen LogP) is 4.66. The zero-order valence-corrected chi connectivity index (χ0v) is 16.0. The molecule has 0 radical (unpaired) electrons. The Hall–Kier alpha value is -2.70. The summed E-state index contributed by atoms with van der Waals surface area (Å²) < 4.78 is 6.90. The van der Waals surface area contributed by atoms with E-state index in [9.17, 15) is 9.59 Å². The number of amides is 1. The maximum Gasteiger partial charge on any atom is 0.355 e. The highest BCUT2D eigenvalue weighted by molar-refractivity contribution is 7.99. The average molecular weight is 399 g/mol. The number of aryl methyl sites for hydroxylation is 1. The standard InChI is InChI=1S/C20H15ClN2O3S/c1-22-10-4-6-15(22)20(25)26-12-19(24)23-14-5-2-3-7-17(14)27-18-9-8-13(21)11-16(18)23/h2-11H,12H2,1H3. The van der Waals surface area contributed by atoms with Crippen LogP contribution in [0.15, 0.2) is 70.6 Å². The molecule has 3 aromatic rings. The van der Waals surface area contributed by atoms with Crippen LogP contribution in [0.2, 0.25) is 5.02 Å². The van der Waals surface area contributed by atoms with Gasteiger partial charge in [-0.2, -0.15) is 0 Å². The average Bonchev–Trinajstić information content (AvgIpc) is 3.10. The van der Waals surface area contributed by atoms with Gasteiger partial charge in [0.15, 0.2) is 6.61 Å². The van der Waals surface area contributed by atoms with E-state index in [0.29, 0.717) is 16.4 Å². The molecule has 0 atom stereocenters. The first-order valence-electron chi connectivity index (χ1n) is 8.22. The van der Waals surface area contributed by atoms with E-state index < -0.39 is 5.97 Å². The van der Waals surface area contributed by atoms with Gasteiger partial charge in [-0.05, 0) is 42.5 Å². The SMILES string of the molecule is Cn1cccc1C(=O)OCC(=O)N1c2ccccc2Sc2ccc(Cl)cc21. The maximum absolute atomic E-state index is 13.0. The van der Waals surface area contributed by atoms with Crippen molar-refractivity contribution in [1.82, 2.24) is 4.57 Å². The highest BCUT2D eigenvalue weighted by Crippen LogP contribution is 2.48. The molecule has 2 heterocycles. The molecule has 0 spiro atoms. The van der Waals surface area contributed by atoms with Gasteiger partial charge in [0, 0.05) is 28.1 Å². The Bertz CT molecular complexity index is 1050. The van der Waals surface area contributed by atoms with E-state index in [4.69, 9.17) is 16.3 Å². The molecule has 4 rings (SSSR count). The first-order chi connectivity index (χ1) is 13.0. The molecule has 1 amide bonds. The van der Waals surface area contributed by atoms with Crippen LogP contribution in [0.3, 0.4) is 0 Å². The molecule has 2 aromatic carbocycles. The first kappa shape index (κ1) is 17.7. The minimum atomic E-state index is -0.540. The van der Waals surface area contributed by atoms with Gasteiger partial charge in [-0.1, -0.05) is 35.5 Å². The lowest BCUT2D eigenvalue weighted by atomic mass is 10.2. The van der Waals surface area contributed by atoms with Crippen LogP contribution in [0.25, 0.3) is 0 Å². The fraction of sp³-hybridized carbons (Fsp3) is 0.100. The Kier molecular flexibility index (Phi) is 4.68. The van der Waals surface area contributed by atoms with Crippen molar-refractivity contribution in [3.05, 3.63) is 71.5 Å². The molecule has 0 fully saturated rings. The van der Waals surface area contributed by atoms with Crippen LogP contribution in [-0.2, 0) is 16.6 Å². The number of halogens is 1. The molecule has 0 bridgehead atoms. The maximum atomic E-state index is 13.0. The number of carbonyl (C=O) groups excluding carboxylic acids is 2. The summed E-state index contributed by atoms with van der Waals surface area (Å²) in [6.45, 7) is -0.366. The third-order valence-electron chi connectivity index (χ3n) is 4.22. The molecule has 0 saturated heterocycles. The summed E-state index contributed by atoms with van der Waals surface area (Å²) >= 11 is 7.72. The van der Waals surface area contributed by atoms with E-state index >= 15 is 0 Å². The van der Waals surface area contributed by atoms with Crippen molar-refractivity contribution in [2.24, 2.45) is 7.05 Å². The molecule has 27 heavy (non-hydrogen) atoms. The van der Waals surface area contributed by atoms with Crippen molar-refractivity contribution in [3.63, 3.8) is 0 Å². The number of para-hydroxylation sites is 1. The topological polar surface area (TPSA) is 51.5 Å². The van der Waals surface area contributed by atoms with Gasteiger partial charge in [0.2, 0.25) is 0 Å². The molecule has 7 heteroatoms. The normalized spacial score (nSPS) is 12.3. The zero-order valence-electron chi connectivity index (χ0n) is 14.4. The van der Waals surface area contributed by atoms with Gasteiger partial charge in [0.1, 0.15) is 5.69 Å². The van der Waals surface area contributed by atoms with Gasteiger partial charge in [-0.3, -0.25) is 9.69 Å². The summed E-state index contributed by atoms with van der Waals surface area (Å²) in [7, 11) is 1.74. The molecule has 1 aliphatic rings. The van der Waals surface area contributed by atoms with Gasteiger partial charge >= 0.3 is 5.97 Å². The Labute approximate surface area is 165 Å². The third-order valence-corrected chi connectivity index (χ3v) is 5.58. The second-order valence-electron chi connectivity index (χ2n) is 5.99. The molecule has 0 saturated carbocycles. The summed E-state index contributed by atoms with van der Waals surface area (Å²) in [4.78, 5) is 28.6. The number of hydrogen-bond acceptors (Lipinski definition) is 4. The molecular formula is C20H15ClN2O3S. The van der Waals surface area contributed by atoms with Crippen LogP contribution in [-0.4, -0.2) is 23.1 Å². The number of carbonyl (C=O) groups is 2. The number of ether oxygens (including phenoxy) is 1. The van der Waals surface area contributed by atoms with Crippen LogP contribution < -0.4 is 4.90 Å². The molecule has 0 unspecified atom stereocenters. The second kappa shape index (κ2) is 7.13. The molecule has 1 aliphatic heterocycles. The first-order valence-corrected chi connectivity index (χ1v) is 9.42. The highest BCUT2D eigenvalue weighted by Gasteiger charge is 2.29. The number of aromatic nitrogens is 1. The minimum absolute atomic E-state index is 0.339. The number of anilines is 2. The summed E-state index contributed by atoms with van der Waals surface area (Å²) in [5, 5.41) is 0.535. The predicted molar refractivity (Wildman–Crippen MR) is 105 cm³/mol. The molecular weight excluding hydrogens is 384 g/mol. The minimum Gasteiger partial charge on any atom is -0.451 e. The lowest BCUT2D eigenvalue weighted by molar-refractivity contribution is -0.121. The van der Waals surface area contributed by atoms with Gasteiger partial charge in [-0.25, -0.2) is 4.79 Å². The zero-order chi connectivity index (χ0) is 19.0. The summed E-state index contributed by atoms with van der Waals surface area (Å²) in [5.41, 5.74) is 1.82. The lowest BCUT2D eigenvalue weighted by Gasteiger charge is -2.31. The monoisotopic (exact) mass is 398 g/mol. The van der Waals surface area contributed by atoms with Crippen molar-refractivity contribution in [2.45, 2.75) is 9.79 Å². The van der Waals surface area contributed by atoms with Crippen molar-refractivity contribution in [2.75, 3.05) is 11.5 Å². The number of esters is 1. The summed E-state index contributed by atoms with van der Waals surface area (Å²) in [5.74, 6) is -0.879. The van der Waals surface area contributed by atoms with Crippen molar-refractivity contribution < 1.29 is 14.3 Å². The van der Waals surface area contributed by atoms with Gasteiger partial charge in [-0.15, -0.1) is 0 Å². The lowest BCUT2D eigenvalue weighted by Crippen LogP contribution is -2.32. The second-order valence-corrected chi connectivity index (χ2v) is 7.51. The Morgan fingerprint density at radius 1 is 1.04 bits per heavy atom.